The second-order valence-electron chi connectivity index (χ2n) is 3.86. The molecule has 2 heterocycles. The lowest BCUT2D eigenvalue weighted by molar-refractivity contribution is 0.445. The Bertz CT molecular complexity index is 782. The second kappa shape index (κ2) is 3.98. The average molecular weight is 264 g/mol. The van der Waals surface area contributed by atoms with Gasteiger partial charge in [-0.2, -0.15) is 0 Å². The molecular formula is C12H7F3N4. The van der Waals surface area contributed by atoms with Crippen molar-refractivity contribution in [3.63, 3.8) is 0 Å². The topological polar surface area (TPSA) is 56.7 Å². The minimum absolute atomic E-state index is 0.0343. The third-order valence-electron chi connectivity index (χ3n) is 2.74. The van der Waals surface area contributed by atoms with Crippen molar-refractivity contribution < 1.29 is 13.2 Å². The molecule has 2 aromatic heterocycles. The minimum Gasteiger partial charge on any atom is -0.369 e. The van der Waals surface area contributed by atoms with Gasteiger partial charge in [-0.15, -0.1) is 0 Å². The average Bonchev–Trinajstić information content (AvgIpc) is 2.73. The molecule has 0 spiro atoms. The van der Waals surface area contributed by atoms with Crippen molar-refractivity contribution in [1.82, 2.24) is 14.5 Å². The van der Waals surface area contributed by atoms with Crippen LogP contribution in [0.2, 0.25) is 0 Å². The Labute approximate surface area is 105 Å². The van der Waals surface area contributed by atoms with Gasteiger partial charge in [-0.25, -0.2) is 18.2 Å². The molecular weight excluding hydrogens is 257 g/mol. The Morgan fingerprint density at radius 1 is 1.05 bits per heavy atom. The molecule has 0 radical (unpaired) electrons. The fraction of sp³-hybridized carbons (Fsp3) is 0. The van der Waals surface area contributed by atoms with Gasteiger partial charge in [0.25, 0.3) is 0 Å². The van der Waals surface area contributed by atoms with Crippen LogP contribution < -0.4 is 5.73 Å². The normalized spacial score (nSPS) is 11.1. The quantitative estimate of drug-likeness (QED) is 0.687. The largest absolute Gasteiger partial charge is 0.369 e. The molecule has 96 valence electrons. The highest BCUT2D eigenvalue weighted by Crippen LogP contribution is 2.26. The first kappa shape index (κ1) is 11.5. The van der Waals surface area contributed by atoms with Crippen LogP contribution in [0.4, 0.5) is 19.1 Å². The zero-order valence-corrected chi connectivity index (χ0v) is 9.44. The lowest BCUT2D eigenvalue weighted by Gasteiger charge is -2.08. The first-order chi connectivity index (χ1) is 9.09. The van der Waals surface area contributed by atoms with E-state index < -0.39 is 17.5 Å². The summed E-state index contributed by atoms with van der Waals surface area (Å²) in [6.07, 6.45) is 2.91. The van der Waals surface area contributed by atoms with Crippen LogP contribution in [0.1, 0.15) is 0 Å². The summed E-state index contributed by atoms with van der Waals surface area (Å²) in [7, 11) is 0. The molecule has 0 saturated carbocycles. The number of aromatic nitrogens is 3. The van der Waals surface area contributed by atoms with Gasteiger partial charge in [0.1, 0.15) is 5.52 Å². The number of nitrogens with two attached hydrogens (primary N) is 1. The number of rotatable bonds is 1. The van der Waals surface area contributed by atoms with Crippen LogP contribution in [-0.2, 0) is 0 Å². The summed E-state index contributed by atoms with van der Waals surface area (Å²) in [5.41, 5.74) is 6.37. The molecule has 0 atom stereocenters. The number of nitrogen functional groups attached to an aromatic ring is 1. The van der Waals surface area contributed by atoms with Crippen molar-refractivity contribution in [3.8, 4) is 5.69 Å². The number of hydrogen-bond donors (Lipinski definition) is 1. The summed E-state index contributed by atoms with van der Waals surface area (Å²) < 4.78 is 41.2. The molecule has 0 amide bonds. The van der Waals surface area contributed by atoms with E-state index in [2.05, 4.69) is 9.97 Å². The summed E-state index contributed by atoms with van der Waals surface area (Å²) in [6.45, 7) is 0. The van der Waals surface area contributed by atoms with Gasteiger partial charge in [0.05, 0.1) is 17.4 Å². The predicted octanol–water partition coefficient (Wildman–Crippen LogP) is 2.42. The highest BCUT2D eigenvalue weighted by molar-refractivity contribution is 5.79. The van der Waals surface area contributed by atoms with Gasteiger partial charge in [-0.05, 0) is 18.2 Å². The number of benzene rings is 1. The number of anilines is 1. The number of nitrogens with zero attached hydrogens (tertiary/aromatic N) is 3. The third kappa shape index (κ3) is 1.62. The summed E-state index contributed by atoms with van der Waals surface area (Å²) in [6, 6.07) is 3.49. The van der Waals surface area contributed by atoms with E-state index in [0.29, 0.717) is 11.0 Å². The molecule has 1 aromatic carbocycles. The summed E-state index contributed by atoms with van der Waals surface area (Å²) in [5, 5.41) is 0. The summed E-state index contributed by atoms with van der Waals surface area (Å²) >= 11 is 0. The molecule has 0 saturated heterocycles. The Morgan fingerprint density at radius 3 is 2.63 bits per heavy atom. The maximum Gasteiger partial charge on any atom is 0.206 e. The molecule has 0 aliphatic heterocycles. The van der Waals surface area contributed by atoms with Crippen LogP contribution >= 0.6 is 0 Å². The summed E-state index contributed by atoms with van der Waals surface area (Å²) in [5.74, 6) is -4.16. The van der Waals surface area contributed by atoms with Crippen LogP contribution in [0.5, 0.6) is 0 Å². The molecule has 7 heteroatoms. The van der Waals surface area contributed by atoms with Crippen molar-refractivity contribution in [2.75, 3.05) is 5.73 Å². The first-order valence-electron chi connectivity index (χ1n) is 5.31. The fourth-order valence-electron chi connectivity index (χ4n) is 1.89. The second-order valence-corrected chi connectivity index (χ2v) is 3.86. The van der Waals surface area contributed by atoms with Crippen molar-refractivity contribution >= 4 is 17.0 Å². The van der Waals surface area contributed by atoms with Gasteiger partial charge >= 0.3 is 0 Å². The van der Waals surface area contributed by atoms with Crippen molar-refractivity contribution in [2.45, 2.75) is 0 Å². The highest BCUT2D eigenvalue weighted by atomic mass is 19.2. The van der Waals surface area contributed by atoms with Crippen LogP contribution in [0.3, 0.4) is 0 Å². The Kier molecular flexibility index (Phi) is 2.41. The third-order valence-corrected chi connectivity index (χ3v) is 2.74. The SMILES string of the molecule is Nc1nc2cnccc2n1-c1ccc(F)c(F)c1F. The maximum absolute atomic E-state index is 13.8. The van der Waals surface area contributed by atoms with Crippen molar-refractivity contribution in [3.05, 3.63) is 48.0 Å². The van der Waals surface area contributed by atoms with E-state index in [1.807, 2.05) is 0 Å². The minimum atomic E-state index is -1.55. The van der Waals surface area contributed by atoms with E-state index in [-0.39, 0.29) is 11.6 Å². The number of pyridine rings is 1. The van der Waals surface area contributed by atoms with Crippen LogP contribution in [0, 0.1) is 17.5 Å². The first-order valence-corrected chi connectivity index (χ1v) is 5.31. The van der Waals surface area contributed by atoms with Gasteiger partial charge in [0.15, 0.2) is 17.5 Å². The van der Waals surface area contributed by atoms with Gasteiger partial charge < -0.3 is 5.73 Å². The molecule has 0 aliphatic rings. The van der Waals surface area contributed by atoms with Crippen LogP contribution in [-0.4, -0.2) is 14.5 Å². The standard InChI is InChI=1S/C12H7F3N4/c13-6-1-2-9(11(15)10(6)14)19-8-3-4-17-5-7(8)18-12(19)16/h1-5H,(H2,16,18). The van der Waals surface area contributed by atoms with Gasteiger partial charge in [0.2, 0.25) is 5.95 Å². The van der Waals surface area contributed by atoms with Gasteiger partial charge in [-0.3, -0.25) is 9.55 Å². The summed E-state index contributed by atoms with van der Waals surface area (Å²) in [4.78, 5) is 7.83. The van der Waals surface area contributed by atoms with Crippen LogP contribution in [0.25, 0.3) is 16.7 Å². The van der Waals surface area contributed by atoms with E-state index in [1.54, 1.807) is 6.07 Å². The lowest BCUT2D eigenvalue weighted by atomic mass is 10.2. The smallest absolute Gasteiger partial charge is 0.206 e. The number of hydrogen-bond acceptors (Lipinski definition) is 3. The molecule has 2 N–H and O–H groups in total. The zero-order chi connectivity index (χ0) is 13.6. The van der Waals surface area contributed by atoms with E-state index >= 15 is 0 Å². The zero-order valence-electron chi connectivity index (χ0n) is 9.44. The maximum atomic E-state index is 13.8. The Morgan fingerprint density at radius 2 is 1.84 bits per heavy atom. The van der Waals surface area contributed by atoms with E-state index in [1.165, 1.54) is 17.0 Å². The Balaban J connectivity index is 2.37. The molecule has 19 heavy (non-hydrogen) atoms. The molecule has 0 unspecified atom stereocenters. The highest BCUT2D eigenvalue weighted by Gasteiger charge is 2.18. The number of halogens is 3. The number of fused-ring (bicyclic) bond motifs is 1. The molecule has 3 rings (SSSR count). The van der Waals surface area contributed by atoms with E-state index in [9.17, 15) is 13.2 Å². The van der Waals surface area contributed by atoms with Gasteiger partial charge in [-0.1, -0.05) is 0 Å². The fourth-order valence-corrected chi connectivity index (χ4v) is 1.89. The van der Waals surface area contributed by atoms with Gasteiger partial charge in [0, 0.05) is 6.20 Å². The van der Waals surface area contributed by atoms with E-state index in [4.69, 9.17) is 5.73 Å². The molecule has 4 nitrogen and oxygen atoms in total. The van der Waals surface area contributed by atoms with E-state index in [0.717, 1.165) is 12.1 Å². The number of imidazole rings is 1. The molecule has 0 aliphatic carbocycles. The molecule has 0 fully saturated rings. The molecule has 3 aromatic rings. The lowest BCUT2D eigenvalue weighted by Crippen LogP contribution is -2.05. The molecule has 0 bridgehead atoms. The Hall–Kier alpha value is -2.57. The van der Waals surface area contributed by atoms with Crippen LogP contribution in [0.15, 0.2) is 30.6 Å². The monoisotopic (exact) mass is 264 g/mol. The predicted molar refractivity (Wildman–Crippen MR) is 63.2 cm³/mol. The van der Waals surface area contributed by atoms with Crippen molar-refractivity contribution in [1.29, 1.82) is 0 Å². The van der Waals surface area contributed by atoms with Crippen molar-refractivity contribution in [2.24, 2.45) is 0 Å².